The molecule has 0 aliphatic rings. The van der Waals surface area contributed by atoms with E-state index in [9.17, 15) is 18.0 Å². The number of carbonyl (C=O) groups excluding carboxylic acids is 1. The third kappa shape index (κ3) is 4.34. The predicted molar refractivity (Wildman–Crippen MR) is 74.8 cm³/mol. The van der Waals surface area contributed by atoms with Crippen LogP contribution in [0.3, 0.4) is 0 Å². The van der Waals surface area contributed by atoms with Gasteiger partial charge in [0.2, 0.25) is 0 Å². The number of halogens is 3. The van der Waals surface area contributed by atoms with Gasteiger partial charge in [0.05, 0.1) is 5.56 Å². The first kappa shape index (κ1) is 16.7. The van der Waals surface area contributed by atoms with E-state index in [0.29, 0.717) is 12.0 Å². The third-order valence-electron chi connectivity index (χ3n) is 2.83. The summed E-state index contributed by atoms with van der Waals surface area (Å²) in [6, 6.07) is 2.13. The molecule has 0 saturated carbocycles. The van der Waals surface area contributed by atoms with E-state index in [1.807, 2.05) is 0 Å². The largest absolute Gasteiger partial charge is 0.416 e. The summed E-state index contributed by atoms with van der Waals surface area (Å²) in [7, 11) is 0. The van der Waals surface area contributed by atoms with Gasteiger partial charge >= 0.3 is 6.18 Å². The molecule has 0 bridgehead atoms. The second-order valence-electron chi connectivity index (χ2n) is 4.49. The van der Waals surface area contributed by atoms with Crippen LogP contribution < -0.4 is 11.5 Å². The van der Waals surface area contributed by atoms with Gasteiger partial charge in [0.15, 0.2) is 5.96 Å². The fourth-order valence-corrected chi connectivity index (χ4v) is 1.90. The van der Waals surface area contributed by atoms with Crippen LogP contribution in [0.2, 0.25) is 0 Å². The highest BCUT2D eigenvalue weighted by molar-refractivity contribution is 6.03. The minimum Gasteiger partial charge on any atom is -0.370 e. The van der Waals surface area contributed by atoms with E-state index < -0.39 is 23.6 Å². The highest BCUT2D eigenvalue weighted by Crippen LogP contribution is 2.34. The lowest BCUT2D eigenvalue weighted by Crippen LogP contribution is -2.24. The molecule has 4 N–H and O–H groups in total. The van der Waals surface area contributed by atoms with Crippen molar-refractivity contribution in [1.82, 2.24) is 0 Å². The number of aryl methyl sites for hydroxylation is 2. The molecular weight excluding hydrogens is 283 g/mol. The molecule has 0 aliphatic heterocycles. The summed E-state index contributed by atoms with van der Waals surface area (Å²) in [5.74, 6) is -1.39. The molecular formula is C14H16F3N3O. The number of nitrogens with two attached hydrogens (primary N) is 2. The lowest BCUT2D eigenvalue weighted by Gasteiger charge is -2.15. The van der Waals surface area contributed by atoms with Crippen LogP contribution in [0.15, 0.2) is 29.8 Å². The first-order valence-corrected chi connectivity index (χ1v) is 6.12. The van der Waals surface area contributed by atoms with Crippen molar-refractivity contribution < 1.29 is 18.0 Å². The Morgan fingerprint density at radius 2 is 2.00 bits per heavy atom. The van der Waals surface area contributed by atoms with E-state index in [1.54, 1.807) is 0 Å². The van der Waals surface area contributed by atoms with Crippen molar-refractivity contribution >= 4 is 11.9 Å². The van der Waals surface area contributed by atoms with Crippen molar-refractivity contribution in [2.75, 3.05) is 0 Å². The van der Waals surface area contributed by atoms with Crippen LogP contribution >= 0.6 is 0 Å². The fraction of sp³-hybridized carbons (Fsp3) is 0.286. The maximum absolute atomic E-state index is 13.1. The van der Waals surface area contributed by atoms with Crippen LogP contribution in [0.4, 0.5) is 13.2 Å². The van der Waals surface area contributed by atoms with E-state index in [4.69, 9.17) is 11.5 Å². The number of aliphatic imine (C=N–C) groups is 1. The molecule has 1 aromatic carbocycles. The van der Waals surface area contributed by atoms with Crippen molar-refractivity contribution in [2.45, 2.75) is 25.9 Å². The number of alkyl halides is 3. The molecule has 0 unspecified atom stereocenters. The summed E-state index contributed by atoms with van der Waals surface area (Å²) in [6.07, 6.45) is -2.43. The zero-order valence-corrected chi connectivity index (χ0v) is 11.5. The molecule has 1 amide bonds. The molecule has 1 aromatic rings. The molecule has 0 atom stereocenters. The van der Waals surface area contributed by atoms with Gasteiger partial charge in [-0.3, -0.25) is 4.79 Å². The lowest BCUT2D eigenvalue weighted by molar-refractivity contribution is -0.138. The van der Waals surface area contributed by atoms with Gasteiger partial charge in [0, 0.05) is 5.56 Å². The van der Waals surface area contributed by atoms with Gasteiger partial charge in [-0.05, 0) is 37.0 Å². The first-order chi connectivity index (χ1) is 9.66. The van der Waals surface area contributed by atoms with Crippen LogP contribution in [0.5, 0.6) is 0 Å². The molecule has 4 nitrogen and oxygen atoms in total. The second-order valence-corrected chi connectivity index (χ2v) is 4.49. The zero-order chi connectivity index (χ0) is 16.2. The molecule has 0 radical (unpaired) electrons. The first-order valence-electron chi connectivity index (χ1n) is 6.12. The molecule has 0 aromatic heterocycles. The zero-order valence-electron chi connectivity index (χ0n) is 11.5. The quantitative estimate of drug-likeness (QED) is 0.509. The van der Waals surface area contributed by atoms with Crippen molar-refractivity contribution in [3.05, 3.63) is 47.0 Å². The van der Waals surface area contributed by atoms with Gasteiger partial charge < -0.3 is 11.5 Å². The molecule has 0 spiro atoms. The third-order valence-corrected chi connectivity index (χ3v) is 2.83. The molecule has 0 saturated heterocycles. The number of benzene rings is 1. The summed E-state index contributed by atoms with van der Waals surface area (Å²) in [4.78, 5) is 15.0. The molecule has 0 fully saturated rings. The summed E-state index contributed by atoms with van der Waals surface area (Å²) < 4.78 is 39.3. The SMILES string of the molecule is C=CCCc1cc(C)c(C(=O)N=C(N)N)cc1C(F)(F)F. The van der Waals surface area contributed by atoms with E-state index in [1.165, 1.54) is 19.1 Å². The number of allylic oxidation sites excluding steroid dienone is 1. The number of nitrogens with zero attached hydrogens (tertiary/aromatic N) is 1. The molecule has 1 rings (SSSR count). The van der Waals surface area contributed by atoms with Gasteiger partial charge in [-0.15, -0.1) is 6.58 Å². The van der Waals surface area contributed by atoms with Crippen molar-refractivity contribution in [3.8, 4) is 0 Å². The fourth-order valence-electron chi connectivity index (χ4n) is 1.90. The number of rotatable bonds is 4. The topological polar surface area (TPSA) is 81.5 Å². The molecule has 0 aliphatic carbocycles. The average Bonchev–Trinajstić information content (AvgIpc) is 2.33. The number of amides is 1. The van der Waals surface area contributed by atoms with Gasteiger partial charge in [0.1, 0.15) is 0 Å². The number of hydrogen-bond donors (Lipinski definition) is 2. The van der Waals surface area contributed by atoms with Gasteiger partial charge in [-0.25, -0.2) is 0 Å². The van der Waals surface area contributed by atoms with Crippen LogP contribution in [0.25, 0.3) is 0 Å². The smallest absolute Gasteiger partial charge is 0.370 e. The average molecular weight is 299 g/mol. The maximum atomic E-state index is 13.1. The Kier molecular flexibility index (Phi) is 5.12. The Morgan fingerprint density at radius 3 is 2.48 bits per heavy atom. The molecule has 7 heteroatoms. The number of carbonyl (C=O) groups is 1. The number of guanidine groups is 1. The monoisotopic (exact) mass is 299 g/mol. The molecule has 0 heterocycles. The maximum Gasteiger partial charge on any atom is 0.416 e. The standard InChI is InChI=1S/C14H16F3N3O/c1-3-4-5-9-6-8(2)10(12(21)20-13(18)19)7-11(9)14(15,16)17/h3,6-7H,1,4-5H2,2H3,(H4,18,19,20,21). The normalized spacial score (nSPS) is 11.0. The summed E-state index contributed by atoms with van der Waals surface area (Å²) in [5.41, 5.74) is 9.62. The molecule has 114 valence electrons. The van der Waals surface area contributed by atoms with Crippen molar-refractivity contribution in [3.63, 3.8) is 0 Å². The highest BCUT2D eigenvalue weighted by atomic mass is 19.4. The Hall–Kier alpha value is -2.31. The van der Waals surface area contributed by atoms with E-state index in [2.05, 4.69) is 11.6 Å². The van der Waals surface area contributed by atoms with E-state index in [-0.39, 0.29) is 17.5 Å². The number of hydrogen-bond acceptors (Lipinski definition) is 1. The predicted octanol–water partition coefficient (Wildman–Crippen LogP) is 2.55. The van der Waals surface area contributed by atoms with E-state index >= 15 is 0 Å². The lowest BCUT2D eigenvalue weighted by atomic mass is 9.95. The van der Waals surface area contributed by atoms with Crippen molar-refractivity contribution in [1.29, 1.82) is 0 Å². The Morgan fingerprint density at radius 1 is 1.38 bits per heavy atom. The minimum atomic E-state index is -4.56. The van der Waals surface area contributed by atoms with Crippen LogP contribution in [-0.4, -0.2) is 11.9 Å². The van der Waals surface area contributed by atoms with Gasteiger partial charge in [-0.1, -0.05) is 12.1 Å². The van der Waals surface area contributed by atoms with Crippen molar-refractivity contribution in [2.24, 2.45) is 16.5 Å². The molecule has 21 heavy (non-hydrogen) atoms. The Balaban J connectivity index is 3.40. The minimum absolute atomic E-state index is 0.112. The van der Waals surface area contributed by atoms with Gasteiger partial charge in [0.25, 0.3) is 5.91 Å². The summed E-state index contributed by atoms with van der Waals surface area (Å²) >= 11 is 0. The van der Waals surface area contributed by atoms with Crippen LogP contribution in [0.1, 0.15) is 33.5 Å². The van der Waals surface area contributed by atoms with Gasteiger partial charge in [-0.2, -0.15) is 18.2 Å². The van der Waals surface area contributed by atoms with E-state index in [0.717, 1.165) is 6.07 Å². The highest BCUT2D eigenvalue weighted by Gasteiger charge is 2.34. The Labute approximate surface area is 120 Å². The second kappa shape index (κ2) is 6.43. The van der Waals surface area contributed by atoms with Crippen LogP contribution in [-0.2, 0) is 12.6 Å². The summed E-state index contributed by atoms with van der Waals surface area (Å²) in [6.45, 7) is 5.02. The summed E-state index contributed by atoms with van der Waals surface area (Å²) in [5, 5.41) is 0. The Bertz CT molecular complexity index is 588. The van der Waals surface area contributed by atoms with Crippen LogP contribution in [0, 0.1) is 6.92 Å².